The minimum Gasteiger partial charge on any atom is -0.480 e. The molecule has 0 aliphatic heterocycles. The molecule has 1 amide bonds. The van der Waals surface area contributed by atoms with Gasteiger partial charge in [-0.05, 0) is 0 Å². The number of nitrogens with zero attached hydrogens (tertiary/aromatic N) is 1. The van der Waals surface area contributed by atoms with Gasteiger partial charge >= 0.3 is 11.9 Å². The van der Waals surface area contributed by atoms with Crippen molar-refractivity contribution < 1.29 is 24.6 Å². The lowest BCUT2D eigenvalue weighted by molar-refractivity contribution is -0.140. The van der Waals surface area contributed by atoms with Gasteiger partial charge in [-0.3, -0.25) is 14.4 Å². The highest BCUT2D eigenvalue weighted by Gasteiger charge is 2.14. The van der Waals surface area contributed by atoms with E-state index in [0.29, 0.717) is 0 Å². The number of carboxylic acid groups (broad SMARTS) is 2. The Kier molecular flexibility index (Phi) is 3.82. The van der Waals surface area contributed by atoms with Gasteiger partial charge < -0.3 is 15.1 Å². The maximum Gasteiger partial charge on any atom is 0.323 e. The van der Waals surface area contributed by atoms with E-state index < -0.39 is 30.8 Å². The molecular weight excluding hydrogens is 165 g/mol. The zero-order chi connectivity index (χ0) is 9.72. The van der Waals surface area contributed by atoms with Gasteiger partial charge in [0, 0.05) is 0 Å². The van der Waals surface area contributed by atoms with Crippen LogP contribution in [0.4, 0.5) is 4.79 Å². The van der Waals surface area contributed by atoms with Crippen LogP contribution in [0.2, 0.25) is 0 Å². The monoisotopic (exact) mass is 173 g/mol. The lowest BCUT2D eigenvalue weighted by Gasteiger charge is -2.15. The van der Waals surface area contributed by atoms with Crippen LogP contribution >= 0.6 is 0 Å². The van der Waals surface area contributed by atoms with E-state index >= 15 is 0 Å². The zero-order valence-corrected chi connectivity index (χ0v) is 6.48. The van der Waals surface area contributed by atoms with Crippen molar-refractivity contribution in [2.75, 3.05) is 13.1 Å². The van der Waals surface area contributed by atoms with Gasteiger partial charge in [0.15, 0.2) is 5.81 Å². The molecule has 0 saturated heterocycles. The first-order chi connectivity index (χ1) is 5.43. The van der Waals surface area contributed by atoms with Crippen molar-refractivity contribution >= 4 is 25.6 Å². The molecule has 66 valence electrons. The summed E-state index contributed by atoms with van der Waals surface area (Å²) in [7, 11) is 1.12. The van der Waals surface area contributed by atoms with E-state index in [1.165, 1.54) is 0 Å². The van der Waals surface area contributed by atoms with Gasteiger partial charge in [-0.15, -0.1) is 0 Å². The number of hydrogen-bond donors (Lipinski definition) is 2. The molecule has 0 aliphatic rings. The number of carboxylic acids is 2. The van der Waals surface area contributed by atoms with Crippen molar-refractivity contribution in [3.05, 3.63) is 0 Å². The minimum atomic E-state index is -1.23. The zero-order valence-electron chi connectivity index (χ0n) is 6.48. The summed E-state index contributed by atoms with van der Waals surface area (Å²) < 4.78 is 0. The summed E-state index contributed by atoms with van der Waals surface area (Å²) in [5.41, 5.74) is 0. The first-order valence-corrected chi connectivity index (χ1v) is 3.12. The van der Waals surface area contributed by atoms with Gasteiger partial charge in [0.25, 0.3) is 0 Å². The minimum absolute atomic E-state index is 0.570. The van der Waals surface area contributed by atoms with Gasteiger partial charge in [-0.2, -0.15) is 0 Å². The maximum absolute atomic E-state index is 10.6. The van der Waals surface area contributed by atoms with Crippen LogP contribution in [0, 0.1) is 0 Å². The van der Waals surface area contributed by atoms with Crippen molar-refractivity contribution in [2.45, 2.75) is 0 Å². The summed E-state index contributed by atoms with van der Waals surface area (Å²) in [5, 5.41) is 16.5. The highest BCUT2D eigenvalue weighted by Crippen LogP contribution is 1.88. The van der Waals surface area contributed by atoms with Crippen LogP contribution in [0.3, 0.4) is 0 Å². The third-order valence-corrected chi connectivity index (χ3v) is 1.10. The average molecular weight is 173 g/mol. The van der Waals surface area contributed by atoms with Crippen LogP contribution in [-0.2, 0) is 9.59 Å². The van der Waals surface area contributed by atoms with Gasteiger partial charge in [0.1, 0.15) is 13.1 Å². The Morgan fingerprint density at radius 1 is 1.08 bits per heavy atom. The molecule has 0 unspecified atom stereocenters. The van der Waals surface area contributed by atoms with Crippen LogP contribution in [0.5, 0.6) is 0 Å². The van der Waals surface area contributed by atoms with Crippen molar-refractivity contribution in [2.24, 2.45) is 0 Å². The molecule has 0 aromatic carbocycles. The Labute approximate surface area is 69.2 Å². The van der Waals surface area contributed by atoms with Crippen molar-refractivity contribution in [1.29, 1.82) is 0 Å². The first kappa shape index (κ1) is 10.5. The maximum atomic E-state index is 10.6. The number of aliphatic carboxylic acids is 2. The quantitative estimate of drug-likeness (QED) is 0.489. The molecule has 12 heavy (non-hydrogen) atoms. The molecule has 0 fully saturated rings. The van der Waals surface area contributed by atoms with Crippen molar-refractivity contribution in [3.8, 4) is 0 Å². The van der Waals surface area contributed by atoms with E-state index in [9.17, 15) is 14.4 Å². The molecule has 0 saturated carbocycles. The summed E-state index contributed by atoms with van der Waals surface area (Å²) in [4.78, 5) is 31.6. The second-order valence-electron chi connectivity index (χ2n) is 2.16. The third kappa shape index (κ3) is 4.32. The Balaban J connectivity index is 4.14. The van der Waals surface area contributed by atoms with Crippen LogP contribution in [-0.4, -0.2) is 53.8 Å². The molecule has 0 aliphatic carbocycles. The fourth-order valence-electron chi connectivity index (χ4n) is 0.605. The molecule has 0 radical (unpaired) electrons. The number of rotatable bonds is 4. The predicted octanol–water partition coefficient (Wildman–Crippen LogP) is -1.79. The van der Waals surface area contributed by atoms with E-state index in [4.69, 9.17) is 10.2 Å². The molecular formula is C5H8BNO5. The number of hydrogen-bond acceptors (Lipinski definition) is 3. The van der Waals surface area contributed by atoms with Crippen LogP contribution in [0.15, 0.2) is 0 Å². The van der Waals surface area contributed by atoms with Crippen molar-refractivity contribution in [3.63, 3.8) is 0 Å². The standard InChI is InChI=1S/C5H8BNO5/c6-5(12)7(1-3(8)9)2-4(10)11/h1-2,6H2,(H,8,9)(H,10,11). The van der Waals surface area contributed by atoms with Gasteiger partial charge in [-0.1, -0.05) is 0 Å². The second-order valence-corrected chi connectivity index (χ2v) is 2.16. The number of carbonyl (C=O) groups is 3. The first-order valence-electron chi connectivity index (χ1n) is 3.12. The molecule has 0 aromatic rings. The molecule has 0 atom stereocenters. The predicted molar refractivity (Wildman–Crippen MR) is 40.8 cm³/mol. The largest absolute Gasteiger partial charge is 0.480 e. The summed E-state index contributed by atoms with van der Waals surface area (Å²) in [6.07, 6.45) is 0. The summed E-state index contributed by atoms with van der Waals surface area (Å²) >= 11 is 0. The van der Waals surface area contributed by atoms with Crippen LogP contribution in [0.25, 0.3) is 0 Å². The van der Waals surface area contributed by atoms with Crippen molar-refractivity contribution in [1.82, 2.24) is 4.90 Å². The van der Waals surface area contributed by atoms with E-state index in [1.54, 1.807) is 0 Å². The fourth-order valence-corrected chi connectivity index (χ4v) is 0.605. The second kappa shape index (κ2) is 4.37. The fraction of sp³-hybridized carbons (Fsp3) is 0.400. The van der Waals surface area contributed by atoms with Gasteiger partial charge in [-0.25, -0.2) is 0 Å². The third-order valence-electron chi connectivity index (χ3n) is 1.10. The lowest BCUT2D eigenvalue weighted by Crippen LogP contribution is -2.38. The Morgan fingerprint density at radius 2 is 1.42 bits per heavy atom. The topological polar surface area (TPSA) is 94.9 Å². The van der Waals surface area contributed by atoms with Crippen LogP contribution in [0.1, 0.15) is 0 Å². The van der Waals surface area contributed by atoms with E-state index in [-0.39, 0.29) is 0 Å². The van der Waals surface area contributed by atoms with E-state index in [1.807, 2.05) is 0 Å². The normalized spacial score (nSPS) is 9.00. The van der Waals surface area contributed by atoms with Gasteiger partial charge in [0.05, 0.1) is 0 Å². The Morgan fingerprint density at radius 3 is 1.58 bits per heavy atom. The molecule has 0 heterocycles. The van der Waals surface area contributed by atoms with Gasteiger partial charge in [0.2, 0.25) is 7.85 Å². The van der Waals surface area contributed by atoms with E-state index in [2.05, 4.69) is 0 Å². The summed E-state index contributed by atoms with van der Waals surface area (Å²) in [5.74, 6) is -3.03. The summed E-state index contributed by atoms with van der Waals surface area (Å²) in [6, 6.07) is 0. The van der Waals surface area contributed by atoms with Crippen LogP contribution < -0.4 is 0 Å². The number of carbonyl (C=O) groups excluding carboxylic acids is 1. The molecule has 0 rings (SSSR count). The summed E-state index contributed by atoms with van der Waals surface area (Å²) in [6.45, 7) is -1.16. The Hall–Kier alpha value is -1.53. The SMILES string of the molecule is BC(=O)N(CC(=O)O)CC(=O)O. The smallest absolute Gasteiger partial charge is 0.323 e. The highest BCUT2D eigenvalue weighted by atomic mass is 16.4. The molecule has 2 N–H and O–H groups in total. The average Bonchev–Trinajstić information content (AvgIpc) is 1.83. The molecule has 6 nitrogen and oxygen atoms in total. The highest BCUT2D eigenvalue weighted by molar-refractivity contribution is 6.57. The molecule has 0 spiro atoms. The number of amides is 1. The van der Waals surface area contributed by atoms with E-state index in [0.717, 1.165) is 12.7 Å². The molecule has 0 aromatic heterocycles. The molecule has 7 heteroatoms. The molecule has 0 bridgehead atoms. The Bertz CT molecular complexity index is 200. The lowest BCUT2D eigenvalue weighted by atomic mass is 10.1.